The summed E-state index contributed by atoms with van der Waals surface area (Å²) in [4.78, 5) is 0. The van der Waals surface area contributed by atoms with Gasteiger partial charge in [0.2, 0.25) is 0 Å². The average molecular weight is 189 g/mol. The predicted octanol–water partition coefficient (Wildman–Crippen LogP) is -2.09. The molecule has 2 heterocycles. The van der Waals surface area contributed by atoms with Crippen molar-refractivity contribution in [3.05, 3.63) is 0 Å². The maximum Gasteiger partial charge on any atom is 0.145 e. The molecule has 0 saturated carbocycles. The second kappa shape index (κ2) is 2.90. The third-order valence-electron chi connectivity index (χ3n) is 3.08. The lowest BCUT2D eigenvalue weighted by atomic mass is 9.79. The van der Waals surface area contributed by atoms with Crippen molar-refractivity contribution in [2.75, 3.05) is 0 Å². The molecule has 0 aromatic rings. The molecule has 76 valence electrons. The van der Waals surface area contributed by atoms with E-state index in [2.05, 4.69) is 5.32 Å². The zero-order valence-electron chi connectivity index (χ0n) is 7.22. The van der Waals surface area contributed by atoms with Gasteiger partial charge in [0.25, 0.3) is 0 Å². The van der Waals surface area contributed by atoms with E-state index in [1.807, 2.05) is 0 Å². The quantitative estimate of drug-likeness (QED) is 0.301. The third-order valence-corrected chi connectivity index (χ3v) is 3.08. The monoisotopic (exact) mass is 189 g/mol. The summed E-state index contributed by atoms with van der Waals surface area (Å²) < 4.78 is 0. The van der Waals surface area contributed by atoms with Gasteiger partial charge in [-0.1, -0.05) is 0 Å². The van der Waals surface area contributed by atoms with E-state index < -0.39 is 24.0 Å². The zero-order chi connectivity index (χ0) is 9.64. The Kier molecular flexibility index (Phi) is 2.08. The minimum Gasteiger partial charge on any atom is -0.389 e. The number of aliphatic hydroxyl groups is 4. The largest absolute Gasteiger partial charge is 0.389 e. The van der Waals surface area contributed by atoms with Gasteiger partial charge in [-0.25, -0.2) is 0 Å². The molecule has 0 amide bonds. The maximum atomic E-state index is 9.83. The highest BCUT2D eigenvalue weighted by atomic mass is 16.4. The van der Waals surface area contributed by atoms with Crippen LogP contribution < -0.4 is 5.32 Å². The normalized spacial score (nSPS) is 56.3. The first-order valence-corrected chi connectivity index (χ1v) is 4.59. The Morgan fingerprint density at radius 2 is 1.85 bits per heavy atom. The minimum atomic E-state index is -1.42. The number of aliphatic hydroxyl groups excluding tert-OH is 3. The molecule has 2 rings (SSSR count). The highest BCUT2D eigenvalue weighted by Gasteiger charge is 2.52. The second-order valence-corrected chi connectivity index (χ2v) is 3.99. The van der Waals surface area contributed by atoms with Crippen molar-refractivity contribution >= 4 is 0 Å². The summed E-state index contributed by atoms with van der Waals surface area (Å²) in [6, 6.07) is -0.308. The third kappa shape index (κ3) is 1.28. The molecule has 2 aliphatic rings. The molecule has 0 aromatic carbocycles. The van der Waals surface area contributed by atoms with Crippen LogP contribution in [0.3, 0.4) is 0 Å². The highest BCUT2D eigenvalue weighted by molar-refractivity contribution is 5.04. The number of piperidine rings is 2. The van der Waals surface area contributed by atoms with Gasteiger partial charge in [0, 0.05) is 6.04 Å². The molecule has 0 aromatic heterocycles. The first-order chi connectivity index (χ1) is 6.04. The van der Waals surface area contributed by atoms with Crippen molar-refractivity contribution in [2.45, 2.75) is 49.3 Å². The van der Waals surface area contributed by atoms with E-state index in [1.165, 1.54) is 0 Å². The molecule has 0 spiro atoms. The molecule has 2 fully saturated rings. The van der Waals surface area contributed by atoms with Crippen molar-refractivity contribution in [2.24, 2.45) is 0 Å². The molecule has 2 saturated heterocycles. The fraction of sp³-hybridized carbons (Fsp3) is 1.00. The van der Waals surface area contributed by atoms with Gasteiger partial charge < -0.3 is 20.4 Å². The Bertz CT molecular complexity index is 210. The number of fused-ring (bicyclic) bond motifs is 2. The van der Waals surface area contributed by atoms with Crippen molar-refractivity contribution in [3.63, 3.8) is 0 Å². The van der Waals surface area contributed by atoms with Gasteiger partial charge in [0.15, 0.2) is 0 Å². The second-order valence-electron chi connectivity index (χ2n) is 3.99. The van der Waals surface area contributed by atoms with Crippen molar-refractivity contribution < 1.29 is 20.4 Å². The van der Waals surface area contributed by atoms with Gasteiger partial charge in [-0.2, -0.15) is 0 Å². The fourth-order valence-corrected chi connectivity index (χ4v) is 2.25. The van der Waals surface area contributed by atoms with Crippen LogP contribution in [0.15, 0.2) is 0 Å². The predicted molar refractivity (Wildman–Crippen MR) is 43.7 cm³/mol. The lowest BCUT2D eigenvalue weighted by Gasteiger charge is -2.50. The van der Waals surface area contributed by atoms with Crippen LogP contribution in [0.4, 0.5) is 0 Å². The van der Waals surface area contributed by atoms with Crippen molar-refractivity contribution in [1.82, 2.24) is 5.32 Å². The SMILES string of the molecule is O[C@H]1[C@H](O)[C@@H](O)[C@@]2(O)CCC[C@@H]1N2. The van der Waals surface area contributed by atoms with Gasteiger partial charge in [0.05, 0.1) is 6.10 Å². The van der Waals surface area contributed by atoms with Crippen LogP contribution in [0.5, 0.6) is 0 Å². The Balaban J connectivity index is 2.23. The Morgan fingerprint density at radius 3 is 2.54 bits per heavy atom. The minimum absolute atomic E-state index is 0.308. The first-order valence-electron chi connectivity index (χ1n) is 4.59. The topological polar surface area (TPSA) is 93.0 Å². The molecular formula is C8H15NO4. The lowest BCUT2D eigenvalue weighted by molar-refractivity contribution is -0.223. The fourth-order valence-electron chi connectivity index (χ4n) is 2.25. The summed E-state index contributed by atoms with van der Waals surface area (Å²) in [5.74, 6) is 0. The summed E-state index contributed by atoms with van der Waals surface area (Å²) in [6.07, 6.45) is -1.68. The zero-order valence-corrected chi connectivity index (χ0v) is 7.22. The van der Waals surface area contributed by atoms with Gasteiger partial charge in [-0.15, -0.1) is 0 Å². The van der Waals surface area contributed by atoms with Crippen LogP contribution in [0.25, 0.3) is 0 Å². The molecule has 0 aliphatic carbocycles. The average Bonchev–Trinajstić information content (AvgIpc) is 2.13. The van der Waals surface area contributed by atoms with Crippen molar-refractivity contribution in [3.8, 4) is 0 Å². The van der Waals surface area contributed by atoms with Gasteiger partial charge in [-0.05, 0) is 19.3 Å². The number of rotatable bonds is 0. The van der Waals surface area contributed by atoms with Crippen LogP contribution in [0.2, 0.25) is 0 Å². The lowest BCUT2D eigenvalue weighted by Crippen LogP contribution is -2.73. The van der Waals surface area contributed by atoms with E-state index in [4.69, 9.17) is 0 Å². The number of hydrogen-bond acceptors (Lipinski definition) is 5. The Morgan fingerprint density at radius 1 is 1.15 bits per heavy atom. The van der Waals surface area contributed by atoms with Gasteiger partial charge >= 0.3 is 0 Å². The summed E-state index contributed by atoms with van der Waals surface area (Å²) >= 11 is 0. The van der Waals surface area contributed by atoms with Gasteiger partial charge in [0.1, 0.15) is 17.9 Å². The van der Waals surface area contributed by atoms with Crippen LogP contribution in [0.1, 0.15) is 19.3 Å². The Labute approximate surface area is 76.0 Å². The smallest absolute Gasteiger partial charge is 0.145 e. The first kappa shape index (κ1) is 9.36. The molecule has 5 atom stereocenters. The molecule has 5 N–H and O–H groups in total. The van der Waals surface area contributed by atoms with Crippen molar-refractivity contribution in [1.29, 1.82) is 0 Å². The molecular weight excluding hydrogens is 174 g/mol. The highest BCUT2D eigenvalue weighted by Crippen LogP contribution is 2.32. The summed E-state index contributed by atoms with van der Waals surface area (Å²) in [7, 11) is 0. The van der Waals surface area contributed by atoms with Crippen LogP contribution >= 0.6 is 0 Å². The number of nitrogens with one attached hydrogen (secondary N) is 1. The molecule has 0 radical (unpaired) electrons. The van der Waals surface area contributed by atoms with E-state index in [-0.39, 0.29) is 6.04 Å². The molecule has 2 aliphatic heterocycles. The summed E-state index contributed by atoms with van der Waals surface area (Å²) in [5, 5.41) is 41.0. The molecule has 0 unspecified atom stereocenters. The maximum absolute atomic E-state index is 9.83. The number of hydrogen-bond donors (Lipinski definition) is 5. The van der Waals surface area contributed by atoms with Crippen LogP contribution in [0, 0.1) is 0 Å². The molecule has 2 bridgehead atoms. The van der Waals surface area contributed by atoms with E-state index in [0.29, 0.717) is 12.8 Å². The van der Waals surface area contributed by atoms with Crippen LogP contribution in [-0.4, -0.2) is 50.5 Å². The summed E-state index contributed by atoms with van der Waals surface area (Å²) in [6.45, 7) is 0. The van der Waals surface area contributed by atoms with E-state index in [1.54, 1.807) is 0 Å². The molecule has 13 heavy (non-hydrogen) atoms. The Hall–Kier alpha value is -0.200. The van der Waals surface area contributed by atoms with E-state index in [0.717, 1.165) is 6.42 Å². The molecule has 5 nitrogen and oxygen atoms in total. The summed E-state index contributed by atoms with van der Waals surface area (Å²) in [5.41, 5.74) is -1.42. The van der Waals surface area contributed by atoms with Crippen LogP contribution in [-0.2, 0) is 0 Å². The standard InChI is InChI=1S/C8H15NO4/c10-5-4-2-1-3-8(13,9-4)7(12)6(5)11/h4-7,9-13H,1-3H2/t4-,5+,6-,7+,8-/m0/s1. The van der Waals surface area contributed by atoms with Gasteiger partial charge in [-0.3, -0.25) is 5.32 Å². The molecule has 5 heteroatoms. The van der Waals surface area contributed by atoms with E-state index >= 15 is 0 Å². The van der Waals surface area contributed by atoms with E-state index in [9.17, 15) is 20.4 Å².